The zero-order chi connectivity index (χ0) is 18.6. The van der Waals surface area contributed by atoms with Gasteiger partial charge in [-0.1, -0.05) is 50.1 Å². The Balaban J connectivity index is 0.00000150. The van der Waals surface area contributed by atoms with Crippen LogP contribution in [0.4, 0.5) is 0 Å². The number of fused-ring (bicyclic) bond motifs is 1. The van der Waals surface area contributed by atoms with Gasteiger partial charge in [-0.15, -0.1) is 24.8 Å². The summed E-state index contributed by atoms with van der Waals surface area (Å²) in [7, 11) is 0. The molecule has 29 heavy (non-hydrogen) atoms. The highest BCUT2D eigenvalue weighted by Crippen LogP contribution is 2.37. The lowest BCUT2D eigenvalue weighted by Crippen LogP contribution is -2.48. The van der Waals surface area contributed by atoms with Gasteiger partial charge in [-0.3, -0.25) is 4.90 Å². The maximum Gasteiger partial charge on any atom is 0.124 e. The van der Waals surface area contributed by atoms with Gasteiger partial charge in [0.1, 0.15) is 5.75 Å². The van der Waals surface area contributed by atoms with E-state index in [0.717, 1.165) is 52.9 Å². The number of benzene rings is 2. The summed E-state index contributed by atoms with van der Waals surface area (Å²) in [6, 6.07) is 14.9. The third-order valence-electron chi connectivity index (χ3n) is 5.18. The number of ether oxygens (including phenoxy) is 2. The van der Waals surface area contributed by atoms with Crippen molar-refractivity contribution in [2.45, 2.75) is 25.2 Å². The molecule has 2 aromatic rings. The molecule has 4 nitrogen and oxygen atoms in total. The Kier molecular flexibility index (Phi) is 10.2. The molecular weight excluding hydrogens is 543 g/mol. The van der Waals surface area contributed by atoms with Crippen molar-refractivity contribution >= 4 is 56.7 Å². The molecule has 2 heterocycles. The fourth-order valence-electron chi connectivity index (χ4n) is 3.96. The van der Waals surface area contributed by atoms with Crippen LogP contribution in [0.1, 0.15) is 23.6 Å². The first-order chi connectivity index (χ1) is 13.2. The number of rotatable bonds is 4. The van der Waals surface area contributed by atoms with Gasteiger partial charge in [-0.25, -0.2) is 0 Å². The van der Waals surface area contributed by atoms with E-state index in [1.54, 1.807) is 0 Å². The third-order valence-corrected chi connectivity index (χ3v) is 6.10. The molecule has 0 amide bonds. The molecule has 0 radical (unpaired) electrons. The summed E-state index contributed by atoms with van der Waals surface area (Å²) in [6.45, 7) is 5.37. The average molecular weight is 569 g/mol. The van der Waals surface area contributed by atoms with Crippen LogP contribution in [0, 0.1) is 0 Å². The molecule has 1 saturated heterocycles. The average Bonchev–Trinajstić information content (AvgIpc) is 2.85. The van der Waals surface area contributed by atoms with E-state index in [0.29, 0.717) is 13.2 Å². The summed E-state index contributed by atoms with van der Waals surface area (Å²) < 4.78 is 14.7. The topological polar surface area (TPSA) is 33.7 Å². The zero-order valence-corrected chi connectivity index (χ0v) is 20.8. The van der Waals surface area contributed by atoms with Gasteiger partial charge in [0.05, 0.1) is 25.4 Å². The predicted molar refractivity (Wildman–Crippen MR) is 129 cm³/mol. The Hall–Kier alpha value is -0.340. The van der Waals surface area contributed by atoms with Crippen LogP contribution in [0.15, 0.2) is 51.4 Å². The van der Waals surface area contributed by atoms with Gasteiger partial charge >= 0.3 is 0 Å². The van der Waals surface area contributed by atoms with Crippen molar-refractivity contribution in [1.29, 1.82) is 0 Å². The Morgan fingerprint density at radius 3 is 2.45 bits per heavy atom. The van der Waals surface area contributed by atoms with Crippen LogP contribution in [0.5, 0.6) is 5.75 Å². The number of nitrogens with one attached hydrogen (secondary N) is 1. The van der Waals surface area contributed by atoms with Gasteiger partial charge in [0, 0.05) is 47.1 Å². The second-order valence-corrected chi connectivity index (χ2v) is 8.86. The van der Waals surface area contributed by atoms with Gasteiger partial charge < -0.3 is 14.8 Å². The lowest BCUT2D eigenvalue weighted by Gasteiger charge is -2.38. The first kappa shape index (κ1) is 24.9. The molecule has 160 valence electrons. The largest absolute Gasteiger partial charge is 0.493 e. The third kappa shape index (κ3) is 6.33. The zero-order valence-electron chi connectivity index (χ0n) is 16.0. The summed E-state index contributed by atoms with van der Waals surface area (Å²) in [5.41, 5.74) is 2.41. The van der Waals surface area contributed by atoms with Crippen molar-refractivity contribution in [3.63, 3.8) is 0 Å². The normalized spacial score (nSPS) is 21.7. The van der Waals surface area contributed by atoms with Crippen molar-refractivity contribution in [3.05, 3.63) is 62.5 Å². The van der Waals surface area contributed by atoms with E-state index in [1.807, 2.05) is 12.1 Å². The van der Waals surface area contributed by atoms with E-state index in [1.165, 1.54) is 5.56 Å². The molecule has 0 aromatic heterocycles. The maximum absolute atomic E-state index is 6.50. The summed E-state index contributed by atoms with van der Waals surface area (Å²) in [6.07, 6.45) is 0.989. The molecule has 4 rings (SSSR count). The van der Waals surface area contributed by atoms with E-state index in [4.69, 9.17) is 9.47 Å². The minimum absolute atomic E-state index is 0. The number of hydrogen-bond donors (Lipinski definition) is 1. The van der Waals surface area contributed by atoms with E-state index < -0.39 is 0 Å². The minimum atomic E-state index is 0. The maximum atomic E-state index is 6.50. The van der Waals surface area contributed by atoms with Crippen LogP contribution >= 0.6 is 56.7 Å². The van der Waals surface area contributed by atoms with Crippen LogP contribution in [0.3, 0.4) is 0 Å². The highest BCUT2D eigenvalue weighted by atomic mass is 79.9. The monoisotopic (exact) mass is 566 g/mol. The number of halogens is 4. The van der Waals surface area contributed by atoms with Crippen molar-refractivity contribution in [3.8, 4) is 5.75 Å². The smallest absolute Gasteiger partial charge is 0.124 e. The quantitative estimate of drug-likeness (QED) is 0.538. The lowest BCUT2D eigenvalue weighted by atomic mass is 9.96. The highest BCUT2D eigenvalue weighted by molar-refractivity contribution is 9.11. The van der Waals surface area contributed by atoms with E-state index >= 15 is 0 Å². The van der Waals surface area contributed by atoms with Crippen molar-refractivity contribution < 1.29 is 9.47 Å². The van der Waals surface area contributed by atoms with Crippen LogP contribution in [-0.4, -0.2) is 43.8 Å². The number of piperazine rings is 1. The molecule has 2 aliphatic heterocycles. The minimum Gasteiger partial charge on any atom is -0.493 e. The second kappa shape index (κ2) is 11.9. The first-order valence-electron chi connectivity index (χ1n) is 9.44. The van der Waals surface area contributed by atoms with Crippen LogP contribution in [0.25, 0.3) is 0 Å². The predicted octanol–water partition coefficient (Wildman–Crippen LogP) is 5.37. The Morgan fingerprint density at radius 1 is 1.03 bits per heavy atom. The van der Waals surface area contributed by atoms with E-state index in [2.05, 4.69) is 72.4 Å². The standard InChI is InChI=1S/C21H24Br2N2O2.2ClH/c22-16-11-15(12-17(23)13-16)14-27-20-5-10-26-19-4-2-1-3-18(19)21(20)25-8-6-24-7-9-25;;/h1-4,11-13,20-21,24H,5-10,14H2;2*1H/t20-,21-;;/m0../s1. The molecule has 2 aliphatic rings. The summed E-state index contributed by atoms with van der Waals surface area (Å²) in [5, 5.41) is 3.45. The van der Waals surface area contributed by atoms with Crippen molar-refractivity contribution in [1.82, 2.24) is 10.2 Å². The summed E-state index contributed by atoms with van der Waals surface area (Å²) >= 11 is 7.13. The molecule has 1 N–H and O–H groups in total. The summed E-state index contributed by atoms with van der Waals surface area (Å²) in [5.74, 6) is 0.998. The van der Waals surface area contributed by atoms with Gasteiger partial charge in [0.15, 0.2) is 0 Å². The molecule has 0 unspecified atom stereocenters. The van der Waals surface area contributed by atoms with Gasteiger partial charge in [-0.2, -0.15) is 0 Å². The highest BCUT2D eigenvalue weighted by Gasteiger charge is 2.34. The molecule has 0 saturated carbocycles. The number of hydrogen-bond acceptors (Lipinski definition) is 4. The Morgan fingerprint density at radius 2 is 1.72 bits per heavy atom. The van der Waals surface area contributed by atoms with E-state index in [-0.39, 0.29) is 37.0 Å². The first-order valence-corrected chi connectivity index (χ1v) is 11.0. The fraction of sp³-hybridized carbons (Fsp3) is 0.429. The van der Waals surface area contributed by atoms with Gasteiger partial charge in [0.25, 0.3) is 0 Å². The van der Waals surface area contributed by atoms with Crippen LogP contribution in [0.2, 0.25) is 0 Å². The Labute approximate surface area is 201 Å². The number of para-hydroxylation sites is 1. The molecule has 0 bridgehead atoms. The van der Waals surface area contributed by atoms with Gasteiger partial charge in [-0.05, 0) is 29.8 Å². The molecule has 2 atom stereocenters. The number of nitrogens with zero attached hydrogens (tertiary/aromatic N) is 1. The van der Waals surface area contributed by atoms with Crippen LogP contribution < -0.4 is 10.1 Å². The van der Waals surface area contributed by atoms with Gasteiger partial charge in [0.2, 0.25) is 0 Å². The van der Waals surface area contributed by atoms with Crippen molar-refractivity contribution in [2.24, 2.45) is 0 Å². The van der Waals surface area contributed by atoms with Crippen LogP contribution in [-0.2, 0) is 11.3 Å². The van der Waals surface area contributed by atoms with E-state index in [9.17, 15) is 0 Å². The van der Waals surface area contributed by atoms with Crippen molar-refractivity contribution in [2.75, 3.05) is 32.8 Å². The summed E-state index contributed by atoms with van der Waals surface area (Å²) in [4.78, 5) is 2.55. The lowest BCUT2D eigenvalue weighted by molar-refractivity contribution is -0.0331. The fourth-order valence-corrected chi connectivity index (χ4v) is 5.35. The molecule has 0 aliphatic carbocycles. The molecule has 1 fully saturated rings. The molecule has 0 spiro atoms. The Bertz CT molecular complexity index is 771. The second-order valence-electron chi connectivity index (χ2n) is 7.03. The SMILES string of the molecule is Brc1cc(Br)cc(CO[C@H]2CCOc3ccccc3[C@@H]2N2CCNCC2)c1.Cl.Cl. The molecule has 2 aromatic carbocycles. The molecular formula is C21H26Br2Cl2N2O2. The molecule has 8 heteroatoms.